The normalized spacial score (nSPS) is 45.7. The van der Waals surface area contributed by atoms with E-state index in [4.69, 9.17) is 5.11 Å². The quantitative estimate of drug-likeness (QED) is 0.699. The third-order valence-electron chi connectivity index (χ3n) is 9.03. The number of carboxylic acid groups (broad SMARTS) is 1. The van der Waals surface area contributed by atoms with Crippen molar-refractivity contribution in [2.24, 2.45) is 34.5 Å². The number of carbonyl (C=O) groups excluding carboxylic acids is 1. The van der Waals surface area contributed by atoms with Crippen LogP contribution in [0, 0.1) is 34.5 Å². The van der Waals surface area contributed by atoms with Gasteiger partial charge in [0.25, 0.3) is 0 Å². The number of aliphatic hydroxyl groups is 1. The van der Waals surface area contributed by atoms with E-state index in [1.165, 1.54) is 18.1 Å². The van der Waals surface area contributed by atoms with E-state index in [0.29, 0.717) is 24.2 Å². The number of rotatable bonds is 3. The fourth-order valence-electron chi connectivity index (χ4n) is 7.78. The molecule has 3 saturated carbocycles. The summed E-state index contributed by atoms with van der Waals surface area (Å²) in [5.74, 6) is 1.20. The lowest BCUT2D eigenvalue weighted by molar-refractivity contribution is -0.133. The van der Waals surface area contributed by atoms with Gasteiger partial charge >= 0.3 is 5.97 Å². The van der Waals surface area contributed by atoms with E-state index in [2.05, 4.69) is 13.8 Å². The number of hydrogen-bond donors (Lipinski definition) is 2. The van der Waals surface area contributed by atoms with E-state index in [0.717, 1.165) is 44.1 Å². The summed E-state index contributed by atoms with van der Waals surface area (Å²) >= 11 is 0. The Labute approximate surface area is 168 Å². The first-order valence-corrected chi connectivity index (χ1v) is 11.0. The molecular weight excluding hydrogens is 352 g/mol. The summed E-state index contributed by atoms with van der Waals surface area (Å²) in [7, 11) is 0. The zero-order valence-corrected chi connectivity index (χ0v) is 17.4. The summed E-state index contributed by atoms with van der Waals surface area (Å²) in [6.07, 6.45) is 10.4. The van der Waals surface area contributed by atoms with Gasteiger partial charge in [-0.05, 0) is 92.4 Å². The van der Waals surface area contributed by atoms with Crippen LogP contribution in [-0.2, 0) is 9.59 Å². The highest BCUT2D eigenvalue weighted by Crippen LogP contribution is 2.67. The molecule has 0 amide bonds. The van der Waals surface area contributed by atoms with Gasteiger partial charge in [-0.2, -0.15) is 0 Å². The van der Waals surface area contributed by atoms with Gasteiger partial charge in [0, 0.05) is 12.5 Å². The van der Waals surface area contributed by atoms with E-state index in [9.17, 15) is 14.7 Å². The molecule has 0 bridgehead atoms. The largest absolute Gasteiger partial charge is 0.478 e. The Morgan fingerprint density at radius 1 is 1.25 bits per heavy atom. The lowest BCUT2D eigenvalue weighted by Crippen LogP contribution is -2.56. The highest BCUT2D eigenvalue weighted by atomic mass is 16.4. The number of aliphatic hydroxyl groups excluding tert-OH is 1. The Kier molecular flexibility index (Phi) is 4.85. The molecule has 4 aliphatic carbocycles. The van der Waals surface area contributed by atoms with Crippen molar-refractivity contribution in [3.05, 3.63) is 23.3 Å². The molecular formula is C24H34O4. The maximum atomic E-state index is 12.0. The molecule has 3 fully saturated rings. The number of ketones is 1. The molecule has 0 aromatic carbocycles. The highest BCUT2D eigenvalue weighted by molar-refractivity contribution is 5.91. The van der Waals surface area contributed by atoms with Crippen molar-refractivity contribution in [2.75, 3.05) is 0 Å². The second kappa shape index (κ2) is 6.83. The molecule has 4 rings (SSSR count). The molecule has 4 aliphatic rings. The minimum absolute atomic E-state index is 0.0329. The van der Waals surface area contributed by atoms with Gasteiger partial charge in [-0.3, -0.25) is 4.79 Å². The smallest absolute Gasteiger partial charge is 0.328 e. The number of allylic oxidation sites excluding steroid dienone is 2. The van der Waals surface area contributed by atoms with Gasteiger partial charge in [-0.1, -0.05) is 25.0 Å². The Balaban J connectivity index is 1.62. The number of carboxylic acids is 1. The molecule has 0 aromatic heterocycles. The lowest BCUT2D eigenvalue weighted by atomic mass is 9.46. The Morgan fingerprint density at radius 2 is 2.00 bits per heavy atom. The SMILES string of the molecule is C/C(=C\C(=O)O)CC1CCC2C3CCC4=CC(=O)CCC4(C)C3C(O)CC12C. The summed E-state index contributed by atoms with van der Waals surface area (Å²) in [6.45, 7) is 6.56. The molecule has 0 heterocycles. The van der Waals surface area contributed by atoms with Crippen LogP contribution < -0.4 is 0 Å². The van der Waals surface area contributed by atoms with Crippen LogP contribution in [-0.4, -0.2) is 28.1 Å². The molecule has 4 heteroatoms. The minimum atomic E-state index is -0.868. The van der Waals surface area contributed by atoms with Gasteiger partial charge in [0.15, 0.2) is 5.78 Å². The molecule has 7 atom stereocenters. The maximum Gasteiger partial charge on any atom is 0.328 e. The standard InChI is InChI=1S/C24H34O4/c1-14(11-21(27)28)10-15-5-7-19-18-6-4-16-12-17(25)8-9-23(16,2)22(18)20(26)13-24(15,19)3/h11-12,15,18-20,22,26H,4-10,13H2,1-3H3,(H,27,28)/b14-11+. The summed E-state index contributed by atoms with van der Waals surface area (Å²) in [4.78, 5) is 23.0. The van der Waals surface area contributed by atoms with E-state index in [1.807, 2.05) is 13.0 Å². The second-order valence-corrected chi connectivity index (χ2v) is 10.5. The maximum absolute atomic E-state index is 12.0. The van der Waals surface area contributed by atoms with Crippen molar-refractivity contribution in [3.8, 4) is 0 Å². The Bertz CT molecular complexity index is 750. The average Bonchev–Trinajstić information content (AvgIpc) is 2.90. The van der Waals surface area contributed by atoms with Crippen LogP contribution in [0.25, 0.3) is 0 Å². The van der Waals surface area contributed by atoms with Gasteiger partial charge in [0.05, 0.1) is 6.10 Å². The van der Waals surface area contributed by atoms with E-state index < -0.39 is 5.97 Å². The van der Waals surface area contributed by atoms with Gasteiger partial charge in [0.2, 0.25) is 0 Å². The Hall–Kier alpha value is -1.42. The molecule has 0 aliphatic heterocycles. The van der Waals surface area contributed by atoms with Crippen molar-refractivity contribution >= 4 is 11.8 Å². The topological polar surface area (TPSA) is 74.6 Å². The first-order valence-electron chi connectivity index (χ1n) is 11.0. The summed E-state index contributed by atoms with van der Waals surface area (Å²) in [6, 6.07) is 0. The molecule has 4 nitrogen and oxygen atoms in total. The average molecular weight is 387 g/mol. The van der Waals surface area contributed by atoms with Crippen LogP contribution in [0.3, 0.4) is 0 Å². The van der Waals surface area contributed by atoms with Gasteiger partial charge in [-0.25, -0.2) is 4.79 Å². The molecule has 0 saturated heterocycles. The minimum Gasteiger partial charge on any atom is -0.478 e. The highest BCUT2D eigenvalue weighted by Gasteiger charge is 2.61. The molecule has 0 spiro atoms. The van der Waals surface area contributed by atoms with Crippen molar-refractivity contribution in [3.63, 3.8) is 0 Å². The van der Waals surface area contributed by atoms with Crippen LogP contribution in [0.5, 0.6) is 0 Å². The summed E-state index contributed by atoms with van der Waals surface area (Å²) in [5, 5.41) is 20.4. The fourth-order valence-corrected chi connectivity index (χ4v) is 7.78. The van der Waals surface area contributed by atoms with E-state index in [1.54, 1.807) is 0 Å². The van der Waals surface area contributed by atoms with E-state index in [-0.39, 0.29) is 28.6 Å². The predicted molar refractivity (Wildman–Crippen MR) is 108 cm³/mol. The molecule has 28 heavy (non-hydrogen) atoms. The number of carbonyl (C=O) groups is 2. The Morgan fingerprint density at radius 3 is 2.71 bits per heavy atom. The third kappa shape index (κ3) is 2.99. The number of fused-ring (bicyclic) bond motifs is 5. The first-order chi connectivity index (χ1) is 13.1. The fraction of sp³-hybridized carbons (Fsp3) is 0.750. The number of aliphatic carboxylic acids is 1. The molecule has 2 N–H and O–H groups in total. The summed E-state index contributed by atoms with van der Waals surface area (Å²) < 4.78 is 0. The van der Waals surface area contributed by atoms with Crippen LogP contribution >= 0.6 is 0 Å². The lowest BCUT2D eigenvalue weighted by Gasteiger charge is -2.60. The zero-order valence-electron chi connectivity index (χ0n) is 17.4. The van der Waals surface area contributed by atoms with Crippen LogP contribution in [0.4, 0.5) is 0 Å². The zero-order chi connectivity index (χ0) is 20.3. The first kappa shape index (κ1) is 19.9. The predicted octanol–water partition coefficient (Wildman–Crippen LogP) is 4.53. The third-order valence-corrected chi connectivity index (χ3v) is 9.03. The van der Waals surface area contributed by atoms with Crippen LogP contribution in [0.1, 0.15) is 72.1 Å². The van der Waals surface area contributed by atoms with Gasteiger partial charge in [0.1, 0.15) is 0 Å². The van der Waals surface area contributed by atoms with Crippen molar-refractivity contribution < 1.29 is 19.8 Å². The number of hydrogen-bond acceptors (Lipinski definition) is 3. The monoisotopic (exact) mass is 386 g/mol. The van der Waals surface area contributed by atoms with Crippen molar-refractivity contribution in [1.82, 2.24) is 0 Å². The van der Waals surface area contributed by atoms with Gasteiger partial charge < -0.3 is 10.2 Å². The second-order valence-electron chi connectivity index (χ2n) is 10.5. The molecule has 154 valence electrons. The molecule has 0 aromatic rings. The molecule has 7 unspecified atom stereocenters. The van der Waals surface area contributed by atoms with E-state index >= 15 is 0 Å². The van der Waals surface area contributed by atoms with Crippen LogP contribution in [0.15, 0.2) is 23.3 Å². The summed E-state index contributed by atoms with van der Waals surface area (Å²) in [5.41, 5.74) is 2.26. The molecule has 0 radical (unpaired) electrons. The van der Waals surface area contributed by atoms with Crippen molar-refractivity contribution in [2.45, 2.75) is 78.2 Å². The van der Waals surface area contributed by atoms with Crippen molar-refractivity contribution in [1.29, 1.82) is 0 Å². The van der Waals surface area contributed by atoms with Gasteiger partial charge in [-0.15, -0.1) is 0 Å². The van der Waals surface area contributed by atoms with Crippen LogP contribution in [0.2, 0.25) is 0 Å².